The van der Waals surface area contributed by atoms with Gasteiger partial charge in [-0.05, 0) is 32.9 Å². The molecular formula is C13H27N3O. The Bertz CT molecular complexity index is 288. The predicted molar refractivity (Wildman–Crippen MR) is 70.7 cm³/mol. The van der Waals surface area contributed by atoms with Crippen LogP contribution in [0.2, 0.25) is 0 Å². The van der Waals surface area contributed by atoms with Crippen LogP contribution in [0.25, 0.3) is 0 Å². The molecule has 1 aliphatic rings. The second-order valence-corrected chi connectivity index (χ2v) is 6.43. The van der Waals surface area contributed by atoms with Crippen LogP contribution in [0.15, 0.2) is 0 Å². The Morgan fingerprint density at radius 2 is 2.06 bits per heavy atom. The third-order valence-corrected chi connectivity index (χ3v) is 3.49. The molecule has 1 saturated heterocycles. The monoisotopic (exact) mass is 241 g/mol. The van der Waals surface area contributed by atoms with Crippen molar-refractivity contribution in [2.45, 2.75) is 39.7 Å². The third-order valence-electron chi connectivity index (χ3n) is 3.49. The number of nitrogens with one attached hydrogen (secondary N) is 1. The fourth-order valence-corrected chi connectivity index (χ4v) is 2.59. The van der Waals surface area contributed by atoms with Crippen LogP contribution >= 0.6 is 0 Å². The first-order valence-corrected chi connectivity index (χ1v) is 6.39. The molecule has 1 N–H and O–H groups in total. The molecule has 17 heavy (non-hydrogen) atoms. The molecule has 0 spiro atoms. The van der Waals surface area contributed by atoms with Gasteiger partial charge in [0.2, 0.25) is 5.91 Å². The molecule has 1 fully saturated rings. The van der Waals surface area contributed by atoms with E-state index in [4.69, 9.17) is 0 Å². The number of nitrogens with zero attached hydrogens (tertiary/aromatic N) is 2. The molecule has 1 amide bonds. The zero-order valence-corrected chi connectivity index (χ0v) is 12.1. The molecule has 0 aromatic rings. The van der Waals surface area contributed by atoms with E-state index in [9.17, 15) is 4.79 Å². The van der Waals surface area contributed by atoms with Crippen LogP contribution in [-0.4, -0.2) is 55.1 Å². The summed E-state index contributed by atoms with van der Waals surface area (Å²) >= 11 is 0. The van der Waals surface area contributed by atoms with Crippen molar-refractivity contribution in [3.8, 4) is 0 Å². The maximum absolute atomic E-state index is 12.3. The van der Waals surface area contributed by atoms with Crippen LogP contribution in [0.3, 0.4) is 0 Å². The van der Waals surface area contributed by atoms with Gasteiger partial charge in [0, 0.05) is 13.1 Å². The lowest BCUT2D eigenvalue weighted by molar-refractivity contribution is -0.133. The normalized spacial score (nSPS) is 26.1. The van der Waals surface area contributed by atoms with E-state index in [1.165, 1.54) is 0 Å². The summed E-state index contributed by atoms with van der Waals surface area (Å²) < 4.78 is 0. The van der Waals surface area contributed by atoms with E-state index in [-0.39, 0.29) is 16.9 Å². The average molecular weight is 241 g/mol. The van der Waals surface area contributed by atoms with Gasteiger partial charge in [0.1, 0.15) is 0 Å². The van der Waals surface area contributed by atoms with Gasteiger partial charge in [-0.15, -0.1) is 0 Å². The van der Waals surface area contributed by atoms with Crippen LogP contribution in [0.1, 0.15) is 34.1 Å². The minimum Gasteiger partial charge on any atom is -0.328 e. The molecular weight excluding hydrogens is 214 g/mol. The van der Waals surface area contributed by atoms with Gasteiger partial charge in [-0.1, -0.05) is 20.8 Å². The first kappa shape index (κ1) is 14.5. The lowest BCUT2D eigenvalue weighted by atomic mass is 9.91. The summed E-state index contributed by atoms with van der Waals surface area (Å²) in [5, 5.41) is 3.32. The largest absolute Gasteiger partial charge is 0.328 e. The van der Waals surface area contributed by atoms with E-state index in [1.54, 1.807) is 0 Å². The van der Waals surface area contributed by atoms with E-state index in [0.29, 0.717) is 6.67 Å². The van der Waals surface area contributed by atoms with E-state index >= 15 is 0 Å². The standard InChI is InChI=1S/C13H27N3O/c1-7-13(4)11(17)16(10-14-13)9-12(2,3)8-15(5)6/h14H,7-10H2,1-6H3. The Balaban J connectivity index is 2.63. The lowest BCUT2D eigenvalue weighted by Crippen LogP contribution is -2.45. The fourth-order valence-electron chi connectivity index (χ4n) is 2.59. The topological polar surface area (TPSA) is 35.6 Å². The van der Waals surface area contributed by atoms with Crippen LogP contribution < -0.4 is 5.32 Å². The first-order valence-electron chi connectivity index (χ1n) is 6.39. The predicted octanol–water partition coefficient (Wildman–Crippen LogP) is 1.13. The molecule has 0 aromatic carbocycles. The molecule has 0 aromatic heterocycles. The van der Waals surface area contributed by atoms with E-state index < -0.39 is 0 Å². The van der Waals surface area contributed by atoms with Gasteiger partial charge in [-0.2, -0.15) is 0 Å². The summed E-state index contributed by atoms with van der Waals surface area (Å²) in [5.74, 6) is 0.242. The molecule has 0 bridgehead atoms. The van der Waals surface area contributed by atoms with Crippen molar-refractivity contribution >= 4 is 5.91 Å². The van der Waals surface area contributed by atoms with E-state index in [1.807, 2.05) is 11.8 Å². The van der Waals surface area contributed by atoms with Crippen molar-refractivity contribution in [1.82, 2.24) is 15.1 Å². The van der Waals surface area contributed by atoms with Gasteiger partial charge in [0.25, 0.3) is 0 Å². The van der Waals surface area contributed by atoms with Crippen molar-refractivity contribution in [2.24, 2.45) is 5.41 Å². The number of hydrogen-bond acceptors (Lipinski definition) is 3. The maximum Gasteiger partial charge on any atom is 0.243 e. The molecule has 0 saturated carbocycles. The summed E-state index contributed by atoms with van der Waals surface area (Å²) in [6.07, 6.45) is 0.844. The molecule has 1 rings (SSSR count). The van der Waals surface area contributed by atoms with Gasteiger partial charge in [-0.25, -0.2) is 0 Å². The Kier molecular flexibility index (Phi) is 4.20. The smallest absolute Gasteiger partial charge is 0.243 e. The molecule has 0 aliphatic carbocycles. The highest BCUT2D eigenvalue weighted by atomic mass is 16.2. The highest BCUT2D eigenvalue weighted by Gasteiger charge is 2.42. The Morgan fingerprint density at radius 1 is 1.47 bits per heavy atom. The quantitative estimate of drug-likeness (QED) is 0.784. The highest BCUT2D eigenvalue weighted by molar-refractivity contribution is 5.87. The fraction of sp³-hybridized carbons (Fsp3) is 0.923. The lowest BCUT2D eigenvalue weighted by Gasteiger charge is -2.32. The minimum atomic E-state index is -0.353. The highest BCUT2D eigenvalue weighted by Crippen LogP contribution is 2.24. The molecule has 1 atom stereocenters. The van der Waals surface area contributed by atoms with E-state index in [2.05, 4.69) is 45.1 Å². The molecule has 1 heterocycles. The molecule has 0 radical (unpaired) electrons. The van der Waals surface area contributed by atoms with Gasteiger partial charge in [-0.3, -0.25) is 10.1 Å². The summed E-state index contributed by atoms with van der Waals surface area (Å²) in [7, 11) is 4.14. The van der Waals surface area contributed by atoms with Crippen LogP contribution in [0.5, 0.6) is 0 Å². The van der Waals surface area contributed by atoms with Crippen molar-refractivity contribution in [3.05, 3.63) is 0 Å². The van der Waals surface area contributed by atoms with Gasteiger partial charge in [0.15, 0.2) is 0 Å². The van der Waals surface area contributed by atoms with Gasteiger partial charge < -0.3 is 9.80 Å². The van der Waals surface area contributed by atoms with Gasteiger partial charge in [0.05, 0.1) is 12.2 Å². The Hall–Kier alpha value is -0.610. The van der Waals surface area contributed by atoms with E-state index in [0.717, 1.165) is 19.5 Å². The average Bonchev–Trinajstić information content (AvgIpc) is 2.45. The second-order valence-electron chi connectivity index (χ2n) is 6.43. The number of hydrogen-bond donors (Lipinski definition) is 1. The molecule has 4 nitrogen and oxygen atoms in total. The third kappa shape index (κ3) is 3.42. The Labute approximate surface area is 105 Å². The summed E-state index contributed by atoms with van der Waals surface area (Å²) in [6.45, 7) is 10.9. The van der Waals surface area contributed by atoms with Crippen LogP contribution in [0, 0.1) is 5.41 Å². The number of carbonyl (C=O) groups excluding carboxylic acids is 1. The molecule has 4 heteroatoms. The molecule has 100 valence electrons. The molecule has 1 aliphatic heterocycles. The minimum absolute atomic E-state index is 0.125. The summed E-state index contributed by atoms with van der Waals surface area (Å²) in [5.41, 5.74) is -0.228. The number of amides is 1. The summed E-state index contributed by atoms with van der Waals surface area (Å²) in [6, 6.07) is 0. The van der Waals surface area contributed by atoms with Crippen molar-refractivity contribution in [2.75, 3.05) is 33.9 Å². The van der Waals surface area contributed by atoms with Gasteiger partial charge >= 0.3 is 0 Å². The van der Waals surface area contributed by atoms with Crippen LogP contribution in [0.4, 0.5) is 0 Å². The first-order chi connectivity index (χ1) is 7.70. The number of carbonyl (C=O) groups is 1. The maximum atomic E-state index is 12.3. The zero-order chi connectivity index (χ0) is 13.3. The van der Waals surface area contributed by atoms with Crippen molar-refractivity contribution in [3.63, 3.8) is 0 Å². The van der Waals surface area contributed by atoms with Crippen LogP contribution in [-0.2, 0) is 4.79 Å². The van der Waals surface area contributed by atoms with Crippen molar-refractivity contribution in [1.29, 1.82) is 0 Å². The zero-order valence-electron chi connectivity index (χ0n) is 12.1. The summed E-state index contributed by atoms with van der Waals surface area (Å²) in [4.78, 5) is 16.4. The SMILES string of the molecule is CCC1(C)NCN(CC(C)(C)CN(C)C)C1=O. The second kappa shape index (κ2) is 4.94. The molecule has 1 unspecified atom stereocenters. The van der Waals surface area contributed by atoms with Crippen molar-refractivity contribution < 1.29 is 4.79 Å². The Morgan fingerprint density at radius 3 is 2.47 bits per heavy atom. The number of rotatable bonds is 5.